The molecule has 0 heterocycles. The monoisotopic (exact) mass is 376 g/mol. The predicted molar refractivity (Wildman–Crippen MR) is 114 cm³/mol. The maximum atomic E-state index is 6.52. The Morgan fingerprint density at radius 1 is 1.29 bits per heavy atom. The molecule has 24 heavy (non-hydrogen) atoms. The van der Waals surface area contributed by atoms with Crippen LogP contribution in [0, 0.1) is 5.92 Å². The molecule has 4 atom stereocenters. The van der Waals surface area contributed by atoms with Crippen LogP contribution < -0.4 is 5.30 Å². The van der Waals surface area contributed by atoms with Crippen molar-refractivity contribution < 1.29 is 4.52 Å². The molecule has 0 radical (unpaired) electrons. The van der Waals surface area contributed by atoms with Crippen LogP contribution >= 0.6 is 19.6 Å². The molecule has 1 unspecified atom stereocenters. The van der Waals surface area contributed by atoms with Crippen LogP contribution in [0.2, 0.25) is 0 Å². The maximum Gasteiger partial charge on any atom is 0.0846 e. The summed E-state index contributed by atoms with van der Waals surface area (Å²) in [6.07, 6.45) is 3.13. The smallest absolute Gasteiger partial charge is 0.0846 e. The van der Waals surface area contributed by atoms with E-state index in [1.807, 2.05) is 0 Å². The topological polar surface area (TPSA) is 9.23 Å². The molecule has 0 spiro atoms. The summed E-state index contributed by atoms with van der Waals surface area (Å²) in [5.41, 5.74) is 1.01. The molecular weight excluding hydrogens is 351 g/mol. The second-order valence-corrected chi connectivity index (χ2v) is 10.1. The average molecular weight is 377 g/mol. The molecule has 1 saturated carbocycles. The van der Waals surface area contributed by atoms with Crippen LogP contribution in [0.3, 0.4) is 0 Å². The Hall–Kier alpha value is -0.600. The van der Waals surface area contributed by atoms with E-state index in [9.17, 15) is 0 Å². The van der Waals surface area contributed by atoms with Crippen molar-refractivity contribution in [3.63, 3.8) is 0 Å². The fourth-order valence-corrected chi connectivity index (χ4v) is 6.60. The second-order valence-electron chi connectivity index (χ2n) is 7.06. The molecule has 1 aliphatic carbocycles. The summed E-state index contributed by atoms with van der Waals surface area (Å²) in [7, 11) is 0. The normalized spacial score (nSPS) is 28.6. The maximum absolute atomic E-state index is 6.52. The van der Waals surface area contributed by atoms with Crippen LogP contribution in [0.1, 0.15) is 33.1 Å². The first kappa shape index (κ1) is 18.2. The standard InChI is InChI=1S/C20H25OPS2/c1-14(2)16-11-12-20(3,19(23)13-16)21-22(24)18-10-6-8-15-7-4-5-9-17(15)18/h4-10,16,19,22-23H,1,11-13H2,2-3H3/t16-,19+,20+/m1/s1. The van der Waals surface area contributed by atoms with Crippen molar-refractivity contribution in [2.75, 3.05) is 0 Å². The lowest BCUT2D eigenvalue weighted by Gasteiger charge is -2.42. The zero-order valence-corrected chi connectivity index (χ0v) is 17.0. The summed E-state index contributed by atoms with van der Waals surface area (Å²) in [6, 6.07) is 14.7. The zero-order valence-electron chi connectivity index (χ0n) is 14.3. The summed E-state index contributed by atoms with van der Waals surface area (Å²) >= 11 is 10.7. The van der Waals surface area contributed by atoms with Gasteiger partial charge in [0.25, 0.3) is 0 Å². The molecule has 0 N–H and O–H groups in total. The van der Waals surface area contributed by atoms with Crippen LogP contribution in [-0.4, -0.2) is 10.9 Å². The van der Waals surface area contributed by atoms with Crippen LogP contribution in [-0.2, 0) is 16.3 Å². The average Bonchev–Trinajstić information content (AvgIpc) is 2.56. The number of hydrogen-bond donors (Lipinski definition) is 1. The summed E-state index contributed by atoms with van der Waals surface area (Å²) in [6.45, 7) is 6.91. The van der Waals surface area contributed by atoms with E-state index in [-0.39, 0.29) is 10.9 Å². The van der Waals surface area contributed by atoms with Crippen molar-refractivity contribution in [2.24, 2.45) is 5.92 Å². The summed E-state index contributed by atoms with van der Waals surface area (Å²) in [4.78, 5) is 0. The number of benzene rings is 2. The van der Waals surface area contributed by atoms with Crippen molar-refractivity contribution >= 4 is 47.4 Å². The molecule has 0 aliphatic heterocycles. The number of hydrogen-bond acceptors (Lipinski definition) is 3. The summed E-state index contributed by atoms with van der Waals surface area (Å²) in [5, 5.41) is 3.83. The third kappa shape index (κ3) is 3.65. The lowest BCUT2D eigenvalue weighted by molar-refractivity contribution is 0.0627. The minimum absolute atomic E-state index is 0.200. The van der Waals surface area contributed by atoms with Crippen molar-refractivity contribution in [2.45, 2.75) is 44.0 Å². The molecule has 2 aromatic rings. The van der Waals surface area contributed by atoms with E-state index in [4.69, 9.17) is 29.0 Å². The summed E-state index contributed by atoms with van der Waals surface area (Å²) in [5.74, 6) is 0.558. The van der Waals surface area contributed by atoms with E-state index in [0.29, 0.717) is 5.92 Å². The number of fused-ring (bicyclic) bond motifs is 1. The molecule has 1 nitrogen and oxygen atoms in total. The fourth-order valence-electron chi connectivity index (χ4n) is 3.50. The minimum Gasteiger partial charge on any atom is -0.342 e. The van der Waals surface area contributed by atoms with Gasteiger partial charge in [0, 0.05) is 10.6 Å². The molecule has 0 bridgehead atoms. The Morgan fingerprint density at radius 2 is 2.00 bits per heavy atom. The summed E-state index contributed by atoms with van der Waals surface area (Å²) < 4.78 is 6.52. The Bertz CT molecular complexity index is 783. The van der Waals surface area contributed by atoms with E-state index in [1.54, 1.807) is 0 Å². The number of rotatable bonds is 4. The van der Waals surface area contributed by atoms with Crippen LogP contribution in [0.25, 0.3) is 10.8 Å². The van der Waals surface area contributed by atoms with Gasteiger partial charge in [0.15, 0.2) is 0 Å². The van der Waals surface area contributed by atoms with Gasteiger partial charge in [-0.15, -0.1) is 0 Å². The molecule has 1 fully saturated rings. The predicted octanol–water partition coefficient (Wildman–Crippen LogP) is 5.51. The van der Waals surface area contributed by atoms with Gasteiger partial charge in [0.05, 0.1) is 12.5 Å². The van der Waals surface area contributed by atoms with Crippen LogP contribution in [0.4, 0.5) is 0 Å². The largest absolute Gasteiger partial charge is 0.342 e. The van der Waals surface area contributed by atoms with Gasteiger partial charge in [0.2, 0.25) is 0 Å². The molecule has 0 saturated heterocycles. The fraction of sp³-hybridized carbons (Fsp3) is 0.400. The molecule has 128 valence electrons. The Kier molecular flexibility index (Phi) is 5.56. The van der Waals surface area contributed by atoms with Gasteiger partial charge in [-0.3, -0.25) is 0 Å². The van der Waals surface area contributed by atoms with Crippen LogP contribution in [0.15, 0.2) is 54.6 Å². The number of thiol groups is 1. The van der Waals surface area contributed by atoms with Gasteiger partial charge >= 0.3 is 0 Å². The van der Waals surface area contributed by atoms with E-state index in [0.717, 1.165) is 19.3 Å². The van der Waals surface area contributed by atoms with Crippen LogP contribution in [0.5, 0.6) is 0 Å². The van der Waals surface area contributed by atoms with Crippen molar-refractivity contribution in [3.8, 4) is 0 Å². The highest BCUT2D eigenvalue weighted by atomic mass is 32.4. The minimum atomic E-state index is -1.51. The van der Waals surface area contributed by atoms with Gasteiger partial charge < -0.3 is 4.52 Å². The highest BCUT2D eigenvalue weighted by molar-refractivity contribution is 8.06. The highest BCUT2D eigenvalue weighted by Gasteiger charge is 2.40. The molecule has 4 heteroatoms. The molecule has 3 rings (SSSR count). The van der Waals surface area contributed by atoms with Gasteiger partial charge in [-0.05, 0) is 49.8 Å². The molecule has 1 aliphatic rings. The first-order valence-corrected chi connectivity index (χ1v) is 11.5. The zero-order chi connectivity index (χ0) is 17.3. The third-order valence-corrected chi connectivity index (χ3v) is 8.43. The first-order valence-electron chi connectivity index (χ1n) is 8.45. The van der Waals surface area contributed by atoms with Gasteiger partial charge in [0.1, 0.15) is 0 Å². The highest BCUT2D eigenvalue weighted by Crippen LogP contribution is 2.45. The lowest BCUT2D eigenvalue weighted by Crippen LogP contribution is -2.43. The van der Waals surface area contributed by atoms with Gasteiger partial charge in [-0.25, -0.2) is 0 Å². The first-order chi connectivity index (χ1) is 11.4. The van der Waals surface area contributed by atoms with E-state index >= 15 is 0 Å². The molecule has 0 amide bonds. The van der Waals surface area contributed by atoms with Crippen molar-refractivity contribution in [3.05, 3.63) is 54.6 Å². The molecular formula is C20H25OPS2. The second kappa shape index (κ2) is 7.33. The Balaban J connectivity index is 1.82. The quantitative estimate of drug-likeness (QED) is 0.428. The van der Waals surface area contributed by atoms with E-state index in [1.165, 1.54) is 21.7 Å². The number of allylic oxidation sites excluding steroid dienone is 1. The van der Waals surface area contributed by atoms with Gasteiger partial charge in [-0.2, -0.15) is 12.6 Å². The Morgan fingerprint density at radius 3 is 2.71 bits per heavy atom. The SMILES string of the molecule is C=C(C)[C@@H]1CC[C@](C)(O[PH](=S)c2cccc3ccccc23)[C@@H](S)C1. The van der Waals surface area contributed by atoms with Crippen molar-refractivity contribution in [1.29, 1.82) is 0 Å². The molecule has 2 aromatic carbocycles. The third-order valence-electron chi connectivity index (χ3n) is 5.23. The van der Waals surface area contributed by atoms with Crippen molar-refractivity contribution in [1.82, 2.24) is 0 Å². The Labute approximate surface area is 156 Å². The van der Waals surface area contributed by atoms with E-state index in [2.05, 4.69) is 62.9 Å². The van der Waals surface area contributed by atoms with E-state index < -0.39 is 6.92 Å². The van der Waals surface area contributed by atoms with Gasteiger partial charge in [-0.1, -0.05) is 66.4 Å². The molecule has 0 aromatic heterocycles. The lowest BCUT2D eigenvalue weighted by atomic mass is 9.77.